The van der Waals surface area contributed by atoms with Crippen molar-refractivity contribution in [3.05, 3.63) is 128 Å². The highest BCUT2D eigenvalue weighted by molar-refractivity contribution is 9.10. The van der Waals surface area contributed by atoms with Crippen molar-refractivity contribution in [3.8, 4) is 0 Å². The van der Waals surface area contributed by atoms with Crippen molar-refractivity contribution in [3.63, 3.8) is 0 Å². The highest BCUT2D eigenvalue weighted by Crippen LogP contribution is 2.33. The monoisotopic (exact) mass is 729 g/mol. The van der Waals surface area contributed by atoms with E-state index in [1.807, 2.05) is 75.4 Å². The van der Waals surface area contributed by atoms with Gasteiger partial charge in [0.1, 0.15) is 12.6 Å². The Hall–Kier alpha value is -3.37. The maximum absolute atomic E-state index is 14.5. The number of nitrogens with zero attached hydrogens (tertiary/aromatic N) is 2. The normalized spacial score (nSPS) is 12.1. The highest BCUT2D eigenvalue weighted by atomic mass is 79.9. The number of sulfonamides is 1. The number of amides is 2. The molecule has 0 spiro atoms. The Morgan fingerprint density at radius 3 is 2.13 bits per heavy atom. The van der Waals surface area contributed by atoms with Crippen LogP contribution in [-0.2, 0) is 32.6 Å². The molecule has 1 N–H and O–H groups in total. The summed E-state index contributed by atoms with van der Waals surface area (Å²) in [6, 6.07) is 26.4. The molecule has 0 aromatic heterocycles. The van der Waals surface area contributed by atoms with Gasteiger partial charge >= 0.3 is 0 Å². The highest BCUT2D eigenvalue weighted by Gasteiger charge is 2.35. The van der Waals surface area contributed by atoms with Crippen LogP contribution >= 0.6 is 39.1 Å². The zero-order valence-electron chi connectivity index (χ0n) is 25.1. The molecule has 0 fully saturated rings. The van der Waals surface area contributed by atoms with Crippen molar-refractivity contribution < 1.29 is 18.0 Å². The average molecular weight is 732 g/mol. The molecule has 0 saturated heterocycles. The predicted molar refractivity (Wildman–Crippen MR) is 184 cm³/mol. The molecule has 1 atom stereocenters. The van der Waals surface area contributed by atoms with Crippen molar-refractivity contribution in [2.24, 2.45) is 0 Å². The largest absolute Gasteiger partial charge is 0.352 e. The van der Waals surface area contributed by atoms with Crippen LogP contribution in [0.4, 0.5) is 5.69 Å². The maximum Gasteiger partial charge on any atom is 0.264 e. The second-order valence-electron chi connectivity index (χ2n) is 10.9. The van der Waals surface area contributed by atoms with Gasteiger partial charge in [0, 0.05) is 28.5 Å². The van der Waals surface area contributed by atoms with Gasteiger partial charge in [0.2, 0.25) is 11.8 Å². The number of hydrogen-bond donors (Lipinski definition) is 1. The molecule has 2 amide bonds. The fraction of sp³-hybridized carbons (Fsp3) is 0.235. The Labute approximate surface area is 283 Å². The van der Waals surface area contributed by atoms with Crippen molar-refractivity contribution in [1.29, 1.82) is 0 Å². The minimum atomic E-state index is -4.31. The van der Waals surface area contributed by atoms with E-state index in [0.29, 0.717) is 0 Å². The van der Waals surface area contributed by atoms with Crippen LogP contribution in [0.15, 0.2) is 106 Å². The van der Waals surface area contributed by atoms with E-state index in [1.165, 1.54) is 35.2 Å². The molecule has 45 heavy (non-hydrogen) atoms. The van der Waals surface area contributed by atoms with Crippen LogP contribution in [0.5, 0.6) is 0 Å². The molecule has 236 valence electrons. The minimum Gasteiger partial charge on any atom is -0.352 e. The van der Waals surface area contributed by atoms with Crippen LogP contribution in [0.1, 0.15) is 30.5 Å². The quantitative estimate of drug-likeness (QED) is 0.164. The molecule has 0 unspecified atom stereocenters. The number of carbonyl (C=O) groups is 2. The fourth-order valence-corrected chi connectivity index (χ4v) is 6.87. The van der Waals surface area contributed by atoms with Gasteiger partial charge in [-0.25, -0.2) is 8.42 Å². The first-order valence-corrected chi connectivity index (χ1v) is 17.3. The van der Waals surface area contributed by atoms with Gasteiger partial charge in [-0.2, -0.15) is 0 Å². The lowest BCUT2D eigenvalue weighted by Gasteiger charge is -2.34. The van der Waals surface area contributed by atoms with Crippen LogP contribution < -0.4 is 9.62 Å². The molecule has 0 heterocycles. The van der Waals surface area contributed by atoms with E-state index in [9.17, 15) is 18.0 Å². The van der Waals surface area contributed by atoms with Crippen molar-refractivity contribution in [1.82, 2.24) is 10.2 Å². The zero-order valence-corrected chi connectivity index (χ0v) is 29.0. The summed E-state index contributed by atoms with van der Waals surface area (Å²) in [5.41, 5.74) is 2.53. The van der Waals surface area contributed by atoms with Crippen molar-refractivity contribution in [2.75, 3.05) is 10.8 Å². The predicted octanol–water partition coefficient (Wildman–Crippen LogP) is 7.42. The topological polar surface area (TPSA) is 86.8 Å². The number of halogens is 3. The average Bonchev–Trinajstić information content (AvgIpc) is 3.00. The number of carbonyl (C=O) groups excluding carboxylic acids is 2. The molecule has 4 aromatic rings. The number of anilines is 1. The summed E-state index contributed by atoms with van der Waals surface area (Å²) in [6.45, 7) is 4.95. The summed E-state index contributed by atoms with van der Waals surface area (Å²) in [6.07, 6.45) is 0.213. The second kappa shape index (κ2) is 15.3. The lowest BCUT2D eigenvalue weighted by Crippen LogP contribution is -2.54. The lowest BCUT2D eigenvalue weighted by molar-refractivity contribution is -0.140. The van der Waals surface area contributed by atoms with Crippen LogP contribution in [0, 0.1) is 6.92 Å². The van der Waals surface area contributed by atoms with Gasteiger partial charge in [-0.15, -0.1) is 0 Å². The summed E-state index contributed by atoms with van der Waals surface area (Å²) in [7, 11) is -4.31. The van der Waals surface area contributed by atoms with Crippen LogP contribution in [0.25, 0.3) is 0 Å². The van der Waals surface area contributed by atoms with E-state index in [2.05, 4.69) is 21.2 Å². The van der Waals surface area contributed by atoms with E-state index in [1.54, 1.807) is 12.1 Å². The molecule has 0 radical (unpaired) electrons. The molecular formula is C34H34BrCl2N3O4S. The van der Waals surface area contributed by atoms with Gasteiger partial charge in [-0.1, -0.05) is 99.3 Å². The summed E-state index contributed by atoms with van der Waals surface area (Å²) in [4.78, 5) is 29.7. The van der Waals surface area contributed by atoms with E-state index < -0.39 is 28.5 Å². The maximum atomic E-state index is 14.5. The van der Waals surface area contributed by atoms with Crippen molar-refractivity contribution >= 4 is 66.7 Å². The lowest BCUT2D eigenvalue weighted by atomic mass is 10.0. The van der Waals surface area contributed by atoms with Gasteiger partial charge in [-0.05, 0) is 74.4 Å². The molecule has 7 nitrogen and oxygen atoms in total. The molecule has 0 aliphatic carbocycles. The Kier molecular flexibility index (Phi) is 11.7. The second-order valence-corrected chi connectivity index (χ2v) is 14.6. The number of aryl methyl sites for hydroxylation is 1. The molecule has 4 aromatic carbocycles. The minimum absolute atomic E-state index is 0.0187. The Balaban J connectivity index is 1.83. The van der Waals surface area contributed by atoms with Gasteiger partial charge in [0.25, 0.3) is 10.0 Å². The number of benzene rings is 4. The number of hydrogen-bond acceptors (Lipinski definition) is 4. The van der Waals surface area contributed by atoms with Crippen LogP contribution in [0.2, 0.25) is 10.0 Å². The van der Waals surface area contributed by atoms with Gasteiger partial charge in [-0.3, -0.25) is 13.9 Å². The smallest absolute Gasteiger partial charge is 0.264 e. The third-order valence-electron chi connectivity index (χ3n) is 7.03. The fourth-order valence-electron chi connectivity index (χ4n) is 4.75. The first-order chi connectivity index (χ1) is 21.3. The Bertz CT molecular complexity index is 1740. The zero-order chi connectivity index (χ0) is 32.7. The standard InChI is InChI=1S/C34H34BrCl2N3O4S/c1-23(2)38-34(42)32(19-25-7-5-4-6-8-25)39(21-26-11-13-27(35)14-12-26)33(41)22-40(31-20-28(36)15-18-30(31)37)45(43,44)29-16-9-24(3)10-17-29/h4-18,20,23,32H,19,21-22H2,1-3H3,(H,38,42)/t32-/m1/s1. The van der Waals surface area contributed by atoms with Gasteiger partial charge in [0.05, 0.1) is 15.6 Å². The molecule has 4 rings (SSSR count). The molecule has 0 aliphatic rings. The Morgan fingerprint density at radius 1 is 0.867 bits per heavy atom. The summed E-state index contributed by atoms with van der Waals surface area (Å²) in [5, 5.41) is 3.29. The Morgan fingerprint density at radius 2 is 1.51 bits per heavy atom. The van der Waals surface area contributed by atoms with E-state index >= 15 is 0 Å². The third-order valence-corrected chi connectivity index (χ3v) is 9.89. The summed E-state index contributed by atoms with van der Waals surface area (Å²) in [5.74, 6) is -0.947. The third kappa shape index (κ3) is 9.10. The van der Waals surface area contributed by atoms with Gasteiger partial charge < -0.3 is 10.2 Å². The number of nitrogens with one attached hydrogen (secondary N) is 1. The van der Waals surface area contributed by atoms with E-state index in [-0.39, 0.29) is 45.5 Å². The molecule has 0 aliphatic heterocycles. The van der Waals surface area contributed by atoms with E-state index in [0.717, 1.165) is 25.5 Å². The summed E-state index contributed by atoms with van der Waals surface area (Å²) < 4.78 is 30.2. The van der Waals surface area contributed by atoms with E-state index in [4.69, 9.17) is 23.2 Å². The molecular weight excluding hydrogens is 697 g/mol. The summed E-state index contributed by atoms with van der Waals surface area (Å²) >= 11 is 16.3. The molecule has 0 saturated carbocycles. The van der Waals surface area contributed by atoms with Crippen molar-refractivity contribution in [2.45, 2.75) is 50.7 Å². The number of rotatable bonds is 12. The molecule has 11 heteroatoms. The first kappa shape index (κ1) is 34.5. The van der Waals surface area contributed by atoms with Crippen LogP contribution in [0.3, 0.4) is 0 Å². The first-order valence-electron chi connectivity index (χ1n) is 14.3. The van der Waals surface area contributed by atoms with Gasteiger partial charge in [0.15, 0.2) is 0 Å². The van der Waals surface area contributed by atoms with Crippen LogP contribution in [-0.4, -0.2) is 43.8 Å². The SMILES string of the molecule is Cc1ccc(S(=O)(=O)N(CC(=O)N(Cc2ccc(Br)cc2)[C@H](Cc2ccccc2)C(=O)NC(C)C)c2cc(Cl)ccc2Cl)cc1. The molecule has 0 bridgehead atoms.